The monoisotopic (exact) mass is 420 g/mol. The van der Waals surface area contributed by atoms with Gasteiger partial charge in [0.2, 0.25) is 0 Å². The predicted octanol–water partition coefficient (Wildman–Crippen LogP) is 7.11. The molecule has 0 heterocycles. The third-order valence-electron chi connectivity index (χ3n) is 5.50. The Morgan fingerprint density at radius 2 is 0.806 bits per heavy atom. The van der Waals surface area contributed by atoms with Crippen molar-refractivity contribution in [3.05, 3.63) is 130 Å². The Bertz CT molecular complexity index is 1380. The standard InChI is InChI=1S/C14H9Cl.C14H8O2/c15-14-6-5-12-7-10-3-1-2-4-11(10)8-13(12)9-14;15-13-9-5-1-2-6-10(9)14(16)12-8-4-3-7-11(12)13/h1-9H;1-8H. The van der Waals surface area contributed by atoms with E-state index in [1.165, 1.54) is 21.5 Å². The fourth-order valence-corrected chi connectivity index (χ4v) is 4.14. The van der Waals surface area contributed by atoms with Crippen LogP contribution in [0.1, 0.15) is 31.8 Å². The smallest absolute Gasteiger partial charge is 0.194 e. The van der Waals surface area contributed by atoms with Crippen LogP contribution in [0.15, 0.2) is 103 Å². The van der Waals surface area contributed by atoms with E-state index >= 15 is 0 Å². The highest BCUT2D eigenvalue weighted by atomic mass is 35.5. The first-order chi connectivity index (χ1) is 15.1. The molecule has 0 atom stereocenters. The number of hydrogen-bond donors (Lipinski definition) is 0. The average molecular weight is 421 g/mol. The summed E-state index contributed by atoms with van der Waals surface area (Å²) in [7, 11) is 0. The van der Waals surface area contributed by atoms with Crippen LogP contribution in [-0.4, -0.2) is 11.6 Å². The van der Waals surface area contributed by atoms with Crippen LogP contribution in [0, 0.1) is 0 Å². The van der Waals surface area contributed by atoms with Gasteiger partial charge in [-0.3, -0.25) is 9.59 Å². The number of hydrogen-bond acceptors (Lipinski definition) is 2. The number of halogens is 1. The van der Waals surface area contributed by atoms with E-state index in [0.717, 1.165) is 5.02 Å². The second-order valence-electron chi connectivity index (χ2n) is 7.44. The van der Waals surface area contributed by atoms with Gasteiger partial charge in [0, 0.05) is 27.3 Å². The first-order valence-corrected chi connectivity index (χ1v) is 10.3. The summed E-state index contributed by atoms with van der Waals surface area (Å²) < 4.78 is 0. The third kappa shape index (κ3) is 3.52. The summed E-state index contributed by atoms with van der Waals surface area (Å²) in [5.74, 6) is -0.128. The normalized spacial score (nSPS) is 12.2. The molecule has 0 N–H and O–H groups in total. The summed E-state index contributed by atoms with van der Waals surface area (Å²) in [4.78, 5) is 24.2. The molecule has 0 aromatic heterocycles. The predicted molar refractivity (Wildman–Crippen MR) is 126 cm³/mol. The van der Waals surface area contributed by atoms with E-state index in [0.29, 0.717) is 22.3 Å². The fraction of sp³-hybridized carbons (Fsp3) is 0. The maximum Gasteiger partial charge on any atom is 0.194 e. The molecule has 0 bridgehead atoms. The summed E-state index contributed by atoms with van der Waals surface area (Å²) >= 11 is 5.97. The van der Waals surface area contributed by atoms with Gasteiger partial charge in [-0.2, -0.15) is 0 Å². The molecule has 2 nitrogen and oxygen atoms in total. The van der Waals surface area contributed by atoms with Crippen LogP contribution in [-0.2, 0) is 0 Å². The molecule has 0 amide bonds. The Hall–Kier alpha value is -3.75. The molecule has 1 aliphatic rings. The highest BCUT2D eigenvalue weighted by Crippen LogP contribution is 2.27. The largest absolute Gasteiger partial charge is 0.289 e. The molecule has 148 valence electrons. The van der Waals surface area contributed by atoms with E-state index in [1.54, 1.807) is 48.5 Å². The lowest BCUT2D eigenvalue weighted by atomic mass is 9.84. The molecule has 0 radical (unpaired) electrons. The zero-order valence-corrected chi connectivity index (χ0v) is 17.3. The lowest BCUT2D eigenvalue weighted by molar-refractivity contribution is 0.0979. The first kappa shape index (κ1) is 19.2. The molecule has 0 saturated carbocycles. The van der Waals surface area contributed by atoms with Gasteiger partial charge in [0.1, 0.15) is 0 Å². The SMILES string of the molecule is Clc1ccc2cc3ccccc3cc2c1.O=C1c2ccccc2C(=O)c2ccccc21. The van der Waals surface area contributed by atoms with Gasteiger partial charge in [0.15, 0.2) is 11.6 Å². The van der Waals surface area contributed by atoms with Crippen LogP contribution in [0.4, 0.5) is 0 Å². The molecule has 5 aromatic carbocycles. The van der Waals surface area contributed by atoms with E-state index in [1.807, 2.05) is 12.1 Å². The van der Waals surface area contributed by atoms with Crippen molar-refractivity contribution in [3.8, 4) is 0 Å². The Labute approximate surface area is 184 Å². The molecular weight excluding hydrogens is 404 g/mol. The van der Waals surface area contributed by atoms with E-state index in [9.17, 15) is 9.59 Å². The fourth-order valence-electron chi connectivity index (χ4n) is 3.96. The van der Waals surface area contributed by atoms with Crippen molar-refractivity contribution in [1.29, 1.82) is 0 Å². The van der Waals surface area contributed by atoms with E-state index in [4.69, 9.17) is 11.6 Å². The lowest BCUT2D eigenvalue weighted by Crippen LogP contribution is -2.20. The minimum absolute atomic E-state index is 0.0641. The quantitative estimate of drug-likeness (QED) is 0.245. The number of benzene rings is 5. The van der Waals surface area contributed by atoms with Crippen molar-refractivity contribution in [2.45, 2.75) is 0 Å². The molecule has 3 heteroatoms. The highest BCUT2D eigenvalue weighted by molar-refractivity contribution is 6.31. The van der Waals surface area contributed by atoms with E-state index in [2.05, 4.69) is 42.5 Å². The van der Waals surface area contributed by atoms with Crippen molar-refractivity contribution in [2.75, 3.05) is 0 Å². The molecule has 5 aromatic rings. The number of carbonyl (C=O) groups is 2. The number of rotatable bonds is 0. The highest BCUT2D eigenvalue weighted by Gasteiger charge is 2.28. The summed E-state index contributed by atoms with van der Waals surface area (Å²) in [5.41, 5.74) is 2.02. The summed E-state index contributed by atoms with van der Waals surface area (Å²) in [6.45, 7) is 0. The summed E-state index contributed by atoms with van der Waals surface area (Å²) in [6.07, 6.45) is 0. The minimum atomic E-state index is -0.0641. The minimum Gasteiger partial charge on any atom is -0.289 e. The van der Waals surface area contributed by atoms with Crippen molar-refractivity contribution in [1.82, 2.24) is 0 Å². The zero-order chi connectivity index (χ0) is 21.4. The molecular formula is C28H17ClO2. The third-order valence-corrected chi connectivity index (χ3v) is 5.73. The Balaban J connectivity index is 0.000000132. The maximum atomic E-state index is 12.1. The topological polar surface area (TPSA) is 34.1 Å². The van der Waals surface area contributed by atoms with Gasteiger partial charge >= 0.3 is 0 Å². The molecule has 6 rings (SSSR count). The second-order valence-corrected chi connectivity index (χ2v) is 7.88. The van der Waals surface area contributed by atoms with Crippen molar-refractivity contribution in [2.24, 2.45) is 0 Å². The van der Waals surface area contributed by atoms with Crippen LogP contribution in [0.25, 0.3) is 21.5 Å². The zero-order valence-electron chi connectivity index (χ0n) is 16.5. The van der Waals surface area contributed by atoms with Gasteiger partial charge < -0.3 is 0 Å². The molecule has 0 saturated heterocycles. The molecule has 0 spiro atoms. The lowest BCUT2D eigenvalue weighted by Gasteiger charge is -2.16. The van der Waals surface area contributed by atoms with Gasteiger partial charge in [-0.05, 0) is 45.8 Å². The van der Waals surface area contributed by atoms with Crippen LogP contribution in [0.5, 0.6) is 0 Å². The van der Waals surface area contributed by atoms with E-state index in [-0.39, 0.29) is 11.6 Å². The van der Waals surface area contributed by atoms with Crippen molar-refractivity contribution < 1.29 is 9.59 Å². The van der Waals surface area contributed by atoms with Gasteiger partial charge in [-0.15, -0.1) is 0 Å². The van der Waals surface area contributed by atoms with Crippen LogP contribution >= 0.6 is 11.6 Å². The molecule has 0 fully saturated rings. The van der Waals surface area contributed by atoms with Gasteiger partial charge in [0.05, 0.1) is 0 Å². The Morgan fingerprint density at radius 1 is 0.419 bits per heavy atom. The molecule has 1 aliphatic carbocycles. The van der Waals surface area contributed by atoms with Gasteiger partial charge in [0.25, 0.3) is 0 Å². The summed E-state index contributed by atoms with van der Waals surface area (Å²) in [6, 6.07) is 32.6. The van der Waals surface area contributed by atoms with Crippen LogP contribution in [0.2, 0.25) is 5.02 Å². The number of ketones is 2. The molecule has 0 unspecified atom stereocenters. The summed E-state index contributed by atoms with van der Waals surface area (Å²) in [5, 5.41) is 5.75. The van der Waals surface area contributed by atoms with Gasteiger partial charge in [-0.1, -0.05) is 90.5 Å². The number of carbonyl (C=O) groups excluding carboxylic acids is 2. The molecule has 31 heavy (non-hydrogen) atoms. The second kappa shape index (κ2) is 7.82. The Morgan fingerprint density at radius 3 is 1.29 bits per heavy atom. The van der Waals surface area contributed by atoms with Crippen molar-refractivity contribution >= 4 is 44.7 Å². The van der Waals surface area contributed by atoms with Gasteiger partial charge in [-0.25, -0.2) is 0 Å². The first-order valence-electron chi connectivity index (χ1n) is 9.97. The number of fused-ring (bicyclic) bond motifs is 4. The Kier molecular flexibility index (Phi) is 4.85. The van der Waals surface area contributed by atoms with Crippen LogP contribution < -0.4 is 0 Å². The van der Waals surface area contributed by atoms with Crippen molar-refractivity contribution in [3.63, 3.8) is 0 Å². The maximum absolute atomic E-state index is 12.1. The average Bonchev–Trinajstić information content (AvgIpc) is 2.81. The van der Waals surface area contributed by atoms with E-state index < -0.39 is 0 Å². The van der Waals surface area contributed by atoms with Crippen LogP contribution in [0.3, 0.4) is 0 Å². The molecule has 0 aliphatic heterocycles.